The van der Waals surface area contributed by atoms with Crippen LogP contribution in [0.4, 0.5) is 5.82 Å². The Morgan fingerprint density at radius 1 is 1.30 bits per heavy atom. The quantitative estimate of drug-likeness (QED) is 0.760. The van der Waals surface area contributed by atoms with E-state index in [2.05, 4.69) is 15.3 Å². The van der Waals surface area contributed by atoms with Gasteiger partial charge in [0.1, 0.15) is 5.82 Å². The van der Waals surface area contributed by atoms with Crippen molar-refractivity contribution in [3.63, 3.8) is 0 Å². The molecule has 0 aromatic carbocycles. The topological polar surface area (TPSA) is 83.7 Å². The van der Waals surface area contributed by atoms with E-state index in [4.69, 9.17) is 0 Å². The molecule has 2 aromatic heterocycles. The minimum atomic E-state index is -3.14. The van der Waals surface area contributed by atoms with E-state index in [9.17, 15) is 8.42 Å². The maximum absolute atomic E-state index is 11.5. The largest absolute Gasteiger partial charge is 0.352 e. The minimum Gasteiger partial charge on any atom is -0.352 e. The molecule has 0 bridgehead atoms. The Balaban J connectivity index is 1.77. The van der Waals surface area contributed by atoms with Gasteiger partial charge < -0.3 is 4.90 Å². The molecule has 0 radical (unpaired) electrons. The van der Waals surface area contributed by atoms with E-state index in [0.29, 0.717) is 18.7 Å². The van der Waals surface area contributed by atoms with E-state index in [1.54, 1.807) is 11.6 Å². The van der Waals surface area contributed by atoms with E-state index in [1.807, 2.05) is 24.0 Å². The predicted molar refractivity (Wildman–Crippen MR) is 74.1 cm³/mol. The number of rotatable bonds is 3. The summed E-state index contributed by atoms with van der Waals surface area (Å²) in [6, 6.07) is 3.74. The molecule has 0 aliphatic carbocycles. The van der Waals surface area contributed by atoms with Gasteiger partial charge in [0.05, 0.1) is 12.3 Å². The number of nitrogens with zero attached hydrogens (tertiary/aromatic N) is 6. The lowest BCUT2D eigenvalue weighted by molar-refractivity contribution is 0.310. The summed E-state index contributed by atoms with van der Waals surface area (Å²) in [6.45, 7) is 3.12. The zero-order valence-electron chi connectivity index (χ0n) is 11.6. The molecule has 8 nitrogen and oxygen atoms in total. The number of fused-ring (bicyclic) bond motifs is 1. The number of aryl methyl sites for hydroxylation is 1. The Morgan fingerprint density at radius 2 is 2.00 bits per heavy atom. The van der Waals surface area contributed by atoms with Crippen molar-refractivity contribution in [1.82, 2.24) is 24.1 Å². The van der Waals surface area contributed by atoms with Crippen LogP contribution in [0, 0.1) is 6.92 Å². The zero-order chi connectivity index (χ0) is 14.5. The molecule has 2 aromatic rings. The Hall–Kier alpha value is -1.74. The Labute approximate surface area is 117 Å². The Kier molecular flexibility index (Phi) is 2.91. The van der Waals surface area contributed by atoms with Gasteiger partial charge in [-0.05, 0) is 19.1 Å². The molecule has 9 heteroatoms. The molecule has 1 aliphatic rings. The molecule has 20 heavy (non-hydrogen) atoms. The van der Waals surface area contributed by atoms with Gasteiger partial charge in [0.25, 0.3) is 0 Å². The van der Waals surface area contributed by atoms with Crippen LogP contribution in [0.2, 0.25) is 0 Å². The zero-order valence-corrected chi connectivity index (χ0v) is 12.4. The SMILES string of the molecule is Cc1nnc2ccc(N3CC(N(C)S(C)(=O)=O)C3)nn12. The first kappa shape index (κ1) is 13.3. The summed E-state index contributed by atoms with van der Waals surface area (Å²) in [5.41, 5.74) is 0.705. The average Bonchev–Trinajstić information content (AvgIpc) is 2.68. The maximum atomic E-state index is 11.5. The molecule has 0 spiro atoms. The summed E-state index contributed by atoms with van der Waals surface area (Å²) in [6.07, 6.45) is 1.22. The molecule has 1 aliphatic heterocycles. The number of aromatic nitrogens is 4. The number of hydrogen-bond donors (Lipinski definition) is 0. The highest BCUT2D eigenvalue weighted by Gasteiger charge is 2.34. The second-order valence-electron chi connectivity index (χ2n) is 5.05. The van der Waals surface area contributed by atoms with Gasteiger partial charge in [-0.15, -0.1) is 15.3 Å². The lowest BCUT2D eigenvalue weighted by Gasteiger charge is -2.43. The van der Waals surface area contributed by atoms with Crippen molar-refractivity contribution < 1.29 is 8.42 Å². The summed E-state index contributed by atoms with van der Waals surface area (Å²) in [5, 5.41) is 12.4. The monoisotopic (exact) mass is 296 g/mol. The Bertz CT molecular complexity index is 749. The van der Waals surface area contributed by atoms with Crippen molar-refractivity contribution in [3.05, 3.63) is 18.0 Å². The van der Waals surface area contributed by atoms with Crippen LogP contribution in [0.3, 0.4) is 0 Å². The van der Waals surface area contributed by atoms with E-state index in [1.165, 1.54) is 10.6 Å². The van der Waals surface area contributed by atoms with Crippen LogP contribution in [0.1, 0.15) is 5.82 Å². The first-order chi connectivity index (χ1) is 9.36. The van der Waals surface area contributed by atoms with Crippen molar-refractivity contribution >= 4 is 21.5 Å². The van der Waals surface area contributed by atoms with Crippen LogP contribution in [-0.2, 0) is 10.0 Å². The molecule has 3 rings (SSSR count). The van der Waals surface area contributed by atoms with Crippen LogP contribution in [-0.4, -0.2) is 65.0 Å². The number of anilines is 1. The predicted octanol–water partition coefficient (Wildman–Crippen LogP) is -0.487. The normalized spacial score (nSPS) is 16.9. The number of hydrogen-bond acceptors (Lipinski definition) is 6. The van der Waals surface area contributed by atoms with Gasteiger partial charge in [0, 0.05) is 20.1 Å². The van der Waals surface area contributed by atoms with Crippen LogP contribution in [0.15, 0.2) is 12.1 Å². The van der Waals surface area contributed by atoms with Crippen LogP contribution >= 0.6 is 0 Å². The summed E-state index contributed by atoms with van der Waals surface area (Å²) < 4.78 is 26.0. The van der Waals surface area contributed by atoms with Gasteiger partial charge in [-0.3, -0.25) is 0 Å². The van der Waals surface area contributed by atoms with Gasteiger partial charge in [-0.1, -0.05) is 0 Å². The smallest absolute Gasteiger partial charge is 0.211 e. The standard InChI is InChI=1S/C11H16N6O2S/c1-8-12-13-10-4-5-11(14-17(8)10)16-6-9(7-16)15(2)20(3,18)19/h4-5,9H,6-7H2,1-3H3. The fourth-order valence-electron chi connectivity index (χ4n) is 2.20. The summed E-state index contributed by atoms with van der Waals surface area (Å²) in [4.78, 5) is 2.03. The summed E-state index contributed by atoms with van der Waals surface area (Å²) in [5.74, 6) is 1.53. The molecule has 3 heterocycles. The van der Waals surface area contributed by atoms with Gasteiger partial charge in [0.15, 0.2) is 11.5 Å². The highest BCUT2D eigenvalue weighted by atomic mass is 32.2. The van der Waals surface area contributed by atoms with Gasteiger partial charge >= 0.3 is 0 Å². The molecule has 108 valence electrons. The number of sulfonamides is 1. The van der Waals surface area contributed by atoms with Crippen LogP contribution in [0.25, 0.3) is 5.65 Å². The lowest BCUT2D eigenvalue weighted by atomic mass is 10.1. The van der Waals surface area contributed by atoms with E-state index >= 15 is 0 Å². The van der Waals surface area contributed by atoms with Gasteiger partial charge in [-0.25, -0.2) is 8.42 Å². The fourth-order valence-corrected chi connectivity index (χ4v) is 2.87. The summed E-state index contributed by atoms with van der Waals surface area (Å²) >= 11 is 0. The lowest BCUT2D eigenvalue weighted by Crippen LogP contribution is -2.59. The highest BCUT2D eigenvalue weighted by Crippen LogP contribution is 2.22. The van der Waals surface area contributed by atoms with Gasteiger partial charge in [-0.2, -0.15) is 8.82 Å². The average molecular weight is 296 g/mol. The minimum absolute atomic E-state index is 0.00417. The molecule has 0 atom stereocenters. The van der Waals surface area contributed by atoms with Crippen molar-refractivity contribution in [1.29, 1.82) is 0 Å². The molecule has 0 saturated carbocycles. The third kappa shape index (κ3) is 2.12. The maximum Gasteiger partial charge on any atom is 0.211 e. The molecular weight excluding hydrogens is 280 g/mol. The van der Waals surface area contributed by atoms with Crippen molar-refractivity contribution in [3.8, 4) is 0 Å². The van der Waals surface area contributed by atoms with Crippen LogP contribution in [0.5, 0.6) is 0 Å². The van der Waals surface area contributed by atoms with Crippen LogP contribution < -0.4 is 4.90 Å². The fraction of sp³-hybridized carbons (Fsp3) is 0.545. The molecule has 1 fully saturated rings. The second-order valence-corrected chi connectivity index (χ2v) is 7.09. The third-order valence-corrected chi connectivity index (χ3v) is 4.97. The third-order valence-electron chi connectivity index (χ3n) is 3.63. The van der Waals surface area contributed by atoms with Crippen molar-refractivity contribution in [2.24, 2.45) is 0 Å². The molecule has 0 N–H and O–H groups in total. The Morgan fingerprint density at radius 3 is 2.65 bits per heavy atom. The molecule has 1 saturated heterocycles. The first-order valence-corrected chi connectivity index (χ1v) is 8.08. The first-order valence-electron chi connectivity index (χ1n) is 6.23. The second kappa shape index (κ2) is 4.38. The van der Waals surface area contributed by atoms with E-state index < -0.39 is 10.0 Å². The van der Waals surface area contributed by atoms with Gasteiger partial charge in [0.2, 0.25) is 10.0 Å². The van der Waals surface area contributed by atoms with E-state index in [0.717, 1.165) is 11.6 Å². The molecular formula is C11H16N6O2S. The molecule has 0 amide bonds. The number of likely N-dealkylation sites (N-methyl/N-ethyl adjacent to an activating group) is 1. The summed E-state index contributed by atoms with van der Waals surface area (Å²) in [7, 11) is -1.53. The van der Waals surface area contributed by atoms with Crippen molar-refractivity contribution in [2.75, 3.05) is 31.3 Å². The van der Waals surface area contributed by atoms with E-state index in [-0.39, 0.29) is 6.04 Å². The van der Waals surface area contributed by atoms with Crippen molar-refractivity contribution in [2.45, 2.75) is 13.0 Å². The molecule has 0 unspecified atom stereocenters. The highest BCUT2D eigenvalue weighted by molar-refractivity contribution is 7.88.